The summed E-state index contributed by atoms with van der Waals surface area (Å²) in [5, 5.41) is 11.0. The van der Waals surface area contributed by atoms with Crippen molar-refractivity contribution in [3.8, 4) is 0 Å². The van der Waals surface area contributed by atoms with Crippen LogP contribution >= 0.6 is 11.3 Å². The van der Waals surface area contributed by atoms with Gasteiger partial charge in [-0.2, -0.15) is 0 Å². The van der Waals surface area contributed by atoms with Gasteiger partial charge in [-0.1, -0.05) is 0 Å². The van der Waals surface area contributed by atoms with E-state index < -0.39 is 0 Å². The number of carbonyl (C=O) groups excluding carboxylic acids is 1. The SMILES string of the molecule is CCN(CCCO)C(=O)Cc1csc(N)n1. The van der Waals surface area contributed by atoms with Crippen molar-refractivity contribution in [1.82, 2.24) is 9.88 Å². The third-order valence-electron chi connectivity index (χ3n) is 2.22. The molecule has 16 heavy (non-hydrogen) atoms. The molecule has 0 aliphatic heterocycles. The van der Waals surface area contributed by atoms with Crippen molar-refractivity contribution in [3.63, 3.8) is 0 Å². The van der Waals surface area contributed by atoms with Gasteiger partial charge >= 0.3 is 0 Å². The predicted octanol–water partition coefficient (Wildman–Crippen LogP) is 0.499. The van der Waals surface area contributed by atoms with Crippen molar-refractivity contribution in [1.29, 1.82) is 0 Å². The van der Waals surface area contributed by atoms with Crippen molar-refractivity contribution in [3.05, 3.63) is 11.1 Å². The highest BCUT2D eigenvalue weighted by Gasteiger charge is 2.13. The van der Waals surface area contributed by atoms with Crippen LogP contribution in [-0.4, -0.2) is 40.6 Å². The molecule has 90 valence electrons. The summed E-state index contributed by atoms with van der Waals surface area (Å²) in [4.78, 5) is 17.6. The molecule has 0 bridgehead atoms. The molecule has 0 aliphatic rings. The average Bonchev–Trinajstić information content (AvgIpc) is 2.65. The molecule has 1 aromatic rings. The van der Waals surface area contributed by atoms with E-state index in [2.05, 4.69) is 4.98 Å². The quantitative estimate of drug-likeness (QED) is 0.762. The molecular formula is C10H17N3O2S. The highest BCUT2D eigenvalue weighted by Crippen LogP contribution is 2.12. The standard InChI is InChI=1S/C10H17N3O2S/c1-2-13(4-3-5-14)9(15)6-8-7-16-10(11)12-8/h7,14H,2-6H2,1H3,(H2,11,12). The van der Waals surface area contributed by atoms with Crippen molar-refractivity contribution >= 4 is 22.4 Å². The number of hydrogen-bond acceptors (Lipinski definition) is 5. The highest BCUT2D eigenvalue weighted by atomic mass is 32.1. The first-order valence-corrected chi connectivity index (χ1v) is 6.13. The van der Waals surface area contributed by atoms with Crippen LogP contribution in [0.3, 0.4) is 0 Å². The van der Waals surface area contributed by atoms with Gasteiger partial charge in [0.2, 0.25) is 5.91 Å². The fourth-order valence-corrected chi connectivity index (χ4v) is 1.95. The van der Waals surface area contributed by atoms with Crippen LogP contribution in [0.5, 0.6) is 0 Å². The summed E-state index contributed by atoms with van der Waals surface area (Å²) in [6.07, 6.45) is 0.895. The van der Waals surface area contributed by atoms with Crippen LogP contribution in [-0.2, 0) is 11.2 Å². The summed E-state index contributed by atoms with van der Waals surface area (Å²) in [5.41, 5.74) is 6.21. The number of aromatic nitrogens is 1. The Morgan fingerprint density at radius 1 is 1.69 bits per heavy atom. The number of nitrogens with zero attached hydrogens (tertiary/aromatic N) is 2. The minimum Gasteiger partial charge on any atom is -0.396 e. The number of aliphatic hydroxyl groups excluding tert-OH is 1. The maximum Gasteiger partial charge on any atom is 0.228 e. The molecule has 0 aromatic carbocycles. The number of carbonyl (C=O) groups is 1. The predicted molar refractivity (Wildman–Crippen MR) is 64.2 cm³/mol. The van der Waals surface area contributed by atoms with Crippen molar-refractivity contribution in [2.24, 2.45) is 0 Å². The molecule has 6 heteroatoms. The molecule has 5 nitrogen and oxygen atoms in total. The second-order valence-electron chi connectivity index (χ2n) is 3.40. The first-order chi connectivity index (χ1) is 7.67. The van der Waals surface area contributed by atoms with Gasteiger partial charge in [0.05, 0.1) is 12.1 Å². The smallest absolute Gasteiger partial charge is 0.228 e. The summed E-state index contributed by atoms with van der Waals surface area (Å²) in [6, 6.07) is 0. The molecule has 0 spiro atoms. The zero-order valence-corrected chi connectivity index (χ0v) is 10.2. The van der Waals surface area contributed by atoms with Crippen molar-refractivity contribution in [2.75, 3.05) is 25.4 Å². The lowest BCUT2D eigenvalue weighted by atomic mass is 10.3. The topological polar surface area (TPSA) is 79.5 Å². The molecule has 0 fully saturated rings. The lowest BCUT2D eigenvalue weighted by Gasteiger charge is -2.19. The van der Waals surface area contributed by atoms with E-state index in [1.54, 1.807) is 10.3 Å². The number of nitrogens with two attached hydrogens (primary N) is 1. The fraction of sp³-hybridized carbons (Fsp3) is 0.600. The van der Waals surface area contributed by atoms with Gasteiger partial charge in [0.15, 0.2) is 5.13 Å². The summed E-state index contributed by atoms with van der Waals surface area (Å²) in [7, 11) is 0. The van der Waals surface area contributed by atoms with Gasteiger partial charge in [-0.05, 0) is 13.3 Å². The largest absolute Gasteiger partial charge is 0.396 e. The third-order valence-corrected chi connectivity index (χ3v) is 2.95. The van der Waals surface area contributed by atoms with Crippen molar-refractivity contribution in [2.45, 2.75) is 19.8 Å². The minimum absolute atomic E-state index is 0.0289. The van der Waals surface area contributed by atoms with Crippen LogP contribution < -0.4 is 5.73 Å². The summed E-state index contributed by atoms with van der Waals surface area (Å²) < 4.78 is 0. The zero-order chi connectivity index (χ0) is 12.0. The number of rotatable bonds is 6. The molecule has 0 atom stereocenters. The van der Waals surface area contributed by atoms with Gasteiger partial charge in [0, 0.05) is 25.1 Å². The molecule has 1 rings (SSSR count). The molecule has 0 saturated carbocycles. The lowest BCUT2D eigenvalue weighted by molar-refractivity contribution is -0.130. The number of thiazole rings is 1. The van der Waals surface area contributed by atoms with E-state index in [1.807, 2.05) is 6.92 Å². The third kappa shape index (κ3) is 3.79. The number of anilines is 1. The number of likely N-dealkylation sites (N-methyl/N-ethyl adjacent to an activating group) is 1. The van der Waals surface area contributed by atoms with E-state index in [9.17, 15) is 4.79 Å². The van der Waals surface area contributed by atoms with Crippen LogP contribution in [0.15, 0.2) is 5.38 Å². The van der Waals surface area contributed by atoms with E-state index in [-0.39, 0.29) is 18.9 Å². The average molecular weight is 243 g/mol. The highest BCUT2D eigenvalue weighted by molar-refractivity contribution is 7.13. The molecule has 1 heterocycles. The monoisotopic (exact) mass is 243 g/mol. The lowest BCUT2D eigenvalue weighted by Crippen LogP contribution is -2.33. The van der Waals surface area contributed by atoms with Gasteiger partial charge < -0.3 is 15.7 Å². The van der Waals surface area contributed by atoms with E-state index in [0.29, 0.717) is 24.6 Å². The Morgan fingerprint density at radius 2 is 2.44 bits per heavy atom. The maximum absolute atomic E-state index is 11.8. The second-order valence-corrected chi connectivity index (χ2v) is 4.29. The number of amides is 1. The van der Waals surface area contributed by atoms with Crippen LogP contribution in [0, 0.1) is 0 Å². The molecular weight excluding hydrogens is 226 g/mol. The Labute approximate surface area is 98.9 Å². The van der Waals surface area contributed by atoms with E-state index in [4.69, 9.17) is 10.8 Å². The first-order valence-electron chi connectivity index (χ1n) is 5.26. The Hall–Kier alpha value is -1.14. The van der Waals surface area contributed by atoms with E-state index in [0.717, 1.165) is 5.69 Å². The van der Waals surface area contributed by atoms with Crippen molar-refractivity contribution < 1.29 is 9.90 Å². The molecule has 0 saturated heterocycles. The maximum atomic E-state index is 11.8. The fourth-order valence-electron chi connectivity index (χ4n) is 1.39. The van der Waals surface area contributed by atoms with Gasteiger partial charge in [-0.25, -0.2) is 4.98 Å². The van der Waals surface area contributed by atoms with E-state index >= 15 is 0 Å². The Balaban J connectivity index is 2.49. The number of aliphatic hydroxyl groups is 1. The molecule has 1 amide bonds. The Kier molecular flexibility index (Phi) is 5.21. The van der Waals surface area contributed by atoms with Gasteiger partial charge in [-0.15, -0.1) is 11.3 Å². The molecule has 3 N–H and O–H groups in total. The summed E-state index contributed by atoms with van der Waals surface area (Å²) in [5.74, 6) is 0.0289. The normalized spacial score (nSPS) is 10.4. The van der Waals surface area contributed by atoms with Gasteiger partial charge in [-0.3, -0.25) is 4.79 Å². The van der Waals surface area contributed by atoms with Crippen LogP contribution in [0.4, 0.5) is 5.13 Å². The Bertz CT molecular complexity index is 341. The number of hydrogen-bond donors (Lipinski definition) is 2. The van der Waals surface area contributed by atoms with Crippen LogP contribution in [0.25, 0.3) is 0 Å². The Morgan fingerprint density at radius 3 is 2.94 bits per heavy atom. The van der Waals surface area contributed by atoms with Crippen LogP contribution in [0.2, 0.25) is 0 Å². The van der Waals surface area contributed by atoms with Gasteiger partial charge in [0.25, 0.3) is 0 Å². The van der Waals surface area contributed by atoms with E-state index in [1.165, 1.54) is 11.3 Å². The molecule has 0 aliphatic carbocycles. The second kappa shape index (κ2) is 6.44. The van der Waals surface area contributed by atoms with Crippen LogP contribution in [0.1, 0.15) is 19.0 Å². The zero-order valence-electron chi connectivity index (χ0n) is 9.35. The molecule has 1 aromatic heterocycles. The minimum atomic E-state index is 0.0289. The number of nitrogen functional groups attached to an aromatic ring is 1. The first kappa shape index (κ1) is 12.9. The summed E-state index contributed by atoms with van der Waals surface area (Å²) >= 11 is 1.34. The van der Waals surface area contributed by atoms with Gasteiger partial charge in [0.1, 0.15) is 0 Å². The molecule has 0 unspecified atom stereocenters. The summed E-state index contributed by atoms with van der Waals surface area (Å²) in [6.45, 7) is 3.27. The molecule has 0 radical (unpaired) electrons.